The first-order valence-corrected chi connectivity index (χ1v) is 5.67. The van der Waals surface area contributed by atoms with Crippen molar-refractivity contribution in [1.82, 2.24) is 0 Å². The molecule has 0 bridgehead atoms. The topological polar surface area (TPSA) is 99.1 Å². The number of methoxy groups -OCH3 is 2. The molecule has 0 atom stereocenters. The average Bonchev–Trinajstić information content (AvgIpc) is 2.45. The van der Waals surface area contributed by atoms with E-state index < -0.39 is 23.5 Å². The van der Waals surface area contributed by atoms with E-state index in [9.17, 15) is 19.5 Å². The van der Waals surface area contributed by atoms with E-state index in [0.717, 1.165) is 19.2 Å². The fourth-order valence-electron chi connectivity index (χ4n) is 1.50. The van der Waals surface area contributed by atoms with Gasteiger partial charge in [-0.05, 0) is 13.0 Å². The molecule has 0 aliphatic rings. The van der Waals surface area contributed by atoms with Crippen molar-refractivity contribution in [2.45, 2.75) is 6.92 Å². The summed E-state index contributed by atoms with van der Waals surface area (Å²) in [5.74, 6) is -3.41. The van der Waals surface area contributed by atoms with Gasteiger partial charge in [-0.25, -0.2) is 9.59 Å². The van der Waals surface area contributed by atoms with E-state index >= 15 is 0 Å². The highest BCUT2D eigenvalue weighted by atomic mass is 16.5. The van der Waals surface area contributed by atoms with Crippen LogP contribution >= 0.6 is 0 Å². The average molecular weight is 282 g/mol. The van der Waals surface area contributed by atoms with E-state index in [1.54, 1.807) is 6.92 Å². The number of rotatable bonds is 5. The Morgan fingerprint density at radius 3 is 2.30 bits per heavy atom. The van der Waals surface area contributed by atoms with Gasteiger partial charge in [0.05, 0.1) is 26.4 Å². The van der Waals surface area contributed by atoms with Gasteiger partial charge in [-0.15, -0.1) is 0 Å². The van der Waals surface area contributed by atoms with Gasteiger partial charge in [-0.3, -0.25) is 4.79 Å². The van der Waals surface area contributed by atoms with Crippen molar-refractivity contribution >= 4 is 17.7 Å². The van der Waals surface area contributed by atoms with Crippen LogP contribution in [0.3, 0.4) is 0 Å². The molecule has 1 aromatic rings. The number of hydrogen-bond acceptors (Lipinski definition) is 7. The van der Waals surface area contributed by atoms with Crippen LogP contribution in [-0.2, 0) is 14.3 Å². The third-order valence-corrected chi connectivity index (χ3v) is 2.43. The molecule has 7 nitrogen and oxygen atoms in total. The zero-order valence-electron chi connectivity index (χ0n) is 11.3. The van der Waals surface area contributed by atoms with Crippen LogP contribution in [0, 0.1) is 0 Å². The lowest BCUT2D eigenvalue weighted by atomic mass is 10.0. The van der Waals surface area contributed by atoms with Crippen molar-refractivity contribution in [1.29, 1.82) is 0 Å². The molecule has 0 unspecified atom stereocenters. The number of carbonyl (C=O) groups is 3. The molecule has 0 heterocycles. The fraction of sp³-hybridized carbons (Fsp3) is 0.308. The summed E-state index contributed by atoms with van der Waals surface area (Å²) in [6.07, 6.45) is 0. The standard InChI is InChI=1S/C13H14O7/c1-4-20-13(17)11(15)7-5-8(12(16)19-3)10(18-2)6-9(7)14/h5-6,14H,4H2,1-3H3. The summed E-state index contributed by atoms with van der Waals surface area (Å²) in [5.41, 5.74) is -0.440. The molecule has 0 amide bonds. The summed E-state index contributed by atoms with van der Waals surface area (Å²) in [7, 11) is 2.44. The first kappa shape index (κ1) is 15.5. The van der Waals surface area contributed by atoms with Crippen molar-refractivity contribution in [2.24, 2.45) is 0 Å². The predicted octanol–water partition coefficient (Wildman–Crippen LogP) is 0.933. The molecule has 0 aromatic heterocycles. The Labute approximate surface area is 115 Å². The first-order valence-electron chi connectivity index (χ1n) is 5.67. The van der Waals surface area contributed by atoms with E-state index in [0.29, 0.717) is 0 Å². The highest BCUT2D eigenvalue weighted by Crippen LogP contribution is 2.29. The minimum absolute atomic E-state index is 0.0192. The number of phenols is 1. The van der Waals surface area contributed by atoms with Crippen molar-refractivity contribution in [2.75, 3.05) is 20.8 Å². The Bertz CT molecular complexity index is 548. The molecule has 1 rings (SSSR count). The second-order valence-electron chi connectivity index (χ2n) is 3.61. The maximum absolute atomic E-state index is 11.8. The van der Waals surface area contributed by atoms with Gasteiger partial charge in [-0.1, -0.05) is 0 Å². The van der Waals surface area contributed by atoms with E-state index in [-0.39, 0.29) is 23.5 Å². The second-order valence-corrected chi connectivity index (χ2v) is 3.61. The number of phenolic OH excluding ortho intramolecular Hbond substituents is 1. The van der Waals surface area contributed by atoms with E-state index in [2.05, 4.69) is 9.47 Å². The zero-order valence-corrected chi connectivity index (χ0v) is 11.3. The van der Waals surface area contributed by atoms with Gasteiger partial charge < -0.3 is 19.3 Å². The molecule has 0 radical (unpaired) electrons. The number of esters is 2. The van der Waals surface area contributed by atoms with Gasteiger partial charge in [-0.2, -0.15) is 0 Å². The van der Waals surface area contributed by atoms with Gasteiger partial charge in [0.25, 0.3) is 5.78 Å². The van der Waals surface area contributed by atoms with Crippen LogP contribution in [0.4, 0.5) is 0 Å². The summed E-state index contributed by atoms with van der Waals surface area (Å²) in [4.78, 5) is 34.7. The monoisotopic (exact) mass is 282 g/mol. The lowest BCUT2D eigenvalue weighted by molar-refractivity contribution is -0.137. The van der Waals surface area contributed by atoms with Gasteiger partial charge in [0, 0.05) is 6.07 Å². The third-order valence-electron chi connectivity index (χ3n) is 2.43. The molecule has 108 valence electrons. The van der Waals surface area contributed by atoms with Crippen molar-refractivity contribution in [3.63, 3.8) is 0 Å². The van der Waals surface area contributed by atoms with Crippen LogP contribution in [-0.4, -0.2) is 43.7 Å². The van der Waals surface area contributed by atoms with Crippen LogP contribution in [0.15, 0.2) is 12.1 Å². The number of ether oxygens (including phenoxy) is 3. The largest absolute Gasteiger partial charge is 0.507 e. The minimum Gasteiger partial charge on any atom is -0.507 e. The Morgan fingerprint density at radius 1 is 1.15 bits per heavy atom. The molecule has 0 aliphatic heterocycles. The van der Waals surface area contributed by atoms with Crippen molar-refractivity contribution in [3.05, 3.63) is 23.3 Å². The highest BCUT2D eigenvalue weighted by Gasteiger charge is 2.25. The van der Waals surface area contributed by atoms with Gasteiger partial charge in [0.2, 0.25) is 0 Å². The molecule has 0 aliphatic carbocycles. The summed E-state index contributed by atoms with van der Waals surface area (Å²) >= 11 is 0. The van der Waals surface area contributed by atoms with Crippen LogP contribution in [0.2, 0.25) is 0 Å². The lowest BCUT2D eigenvalue weighted by Crippen LogP contribution is -2.18. The number of aromatic hydroxyl groups is 1. The lowest BCUT2D eigenvalue weighted by Gasteiger charge is -2.10. The molecule has 1 aromatic carbocycles. The van der Waals surface area contributed by atoms with Crippen LogP contribution in [0.5, 0.6) is 11.5 Å². The smallest absolute Gasteiger partial charge is 0.379 e. The molecule has 0 fully saturated rings. The second kappa shape index (κ2) is 6.55. The number of benzene rings is 1. The van der Waals surface area contributed by atoms with Crippen LogP contribution in [0.1, 0.15) is 27.6 Å². The molecular weight excluding hydrogens is 268 g/mol. The fourth-order valence-corrected chi connectivity index (χ4v) is 1.50. The third kappa shape index (κ3) is 3.05. The van der Waals surface area contributed by atoms with Gasteiger partial charge >= 0.3 is 11.9 Å². The number of carbonyl (C=O) groups excluding carboxylic acids is 3. The molecular formula is C13H14O7. The summed E-state index contributed by atoms with van der Waals surface area (Å²) in [6.45, 7) is 1.56. The molecule has 0 saturated carbocycles. The van der Waals surface area contributed by atoms with Crippen molar-refractivity contribution < 1.29 is 33.7 Å². The van der Waals surface area contributed by atoms with E-state index in [1.165, 1.54) is 7.11 Å². The zero-order chi connectivity index (χ0) is 15.3. The van der Waals surface area contributed by atoms with Crippen LogP contribution < -0.4 is 4.74 Å². The summed E-state index contributed by atoms with van der Waals surface area (Å²) < 4.78 is 14.0. The molecule has 0 saturated heterocycles. The first-order chi connectivity index (χ1) is 9.46. The summed E-state index contributed by atoms with van der Waals surface area (Å²) in [5, 5.41) is 9.73. The number of ketones is 1. The molecule has 20 heavy (non-hydrogen) atoms. The summed E-state index contributed by atoms with van der Waals surface area (Å²) in [6, 6.07) is 2.08. The van der Waals surface area contributed by atoms with Gasteiger partial charge in [0.1, 0.15) is 17.1 Å². The number of hydrogen-bond donors (Lipinski definition) is 1. The molecule has 7 heteroatoms. The maximum atomic E-state index is 11.8. The quantitative estimate of drug-likeness (QED) is 0.487. The van der Waals surface area contributed by atoms with Crippen LogP contribution in [0.25, 0.3) is 0 Å². The minimum atomic E-state index is -1.12. The Morgan fingerprint density at radius 2 is 1.80 bits per heavy atom. The van der Waals surface area contributed by atoms with E-state index in [1.807, 2.05) is 0 Å². The normalized spacial score (nSPS) is 9.75. The highest BCUT2D eigenvalue weighted by molar-refractivity contribution is 6.41. The Kier molecular flexibility index (Phi) is 5.08. The SMILES string of the molecule is CCOC(=O)C(=O)c1cc(C(=O)OC)c(OC)cc1O. The molecule has 1 N–H and O–H groups in total. The van der Waals surface area contributed by atoms with Gasteiger partial charge in [0.15, 0.2) is 0 Å². The van der Waals surface area contributed by atoms with E-state index in [4.69, 9.17) is 4.74 Å². The molecule has 0 spiro atoms. The van der Waals surface area contributed by atoms with Crippen molar-refractivity contribution in [3.8, 4) is 11.5 Å². The predicted molar refractivity (Wildman–Crippen MR) is 67.0 cm³/mol. The maximum Gasteiger partial charge on any atom is 0.379 e. The Hall–Kier alpha value is -2.57. The number of Topliss-reactive ketones (excluding diaryl/α,β-unsaturated/α-hetero) is 1. The Balaban J connectivity index is 3.31.